The maximum Gasteiger partial charge on any atom is 0.300 e. The van der Waals surface area contributed by atoms with Gasteiger partial charge in [0.2, 0.25) is 0 Å². The molecule has 5 nitrogen and oxygen atoms in total. The molecule has 1 aromatic heterocycles. The predicted octanol–water partition coefficient (Wildman–Crippen LogP) is 5.48. The number of Topliss-reactive ketones (excluding diaryl/α,β-unsaturated/α-hetero) is 1. The molecule has 2 aromatic carbocycles. The molecule has 1 fully saturated rings. The molecule has 0 bridgehead atoms. The monoisotopic (exact) mass is 421 g/mol. The van der Waals surface area contributed by atoms with Gasteiger partial charge in [-0.3, -0.25) is 14.5 Å². The molecule has 6 heteroatoms. The van der Waals surface area contributed by atoms with Gasteiger partial charge in [-0.1, -0.05) is 35.9 Å². The Labute approximate surface area is 179 Å². The molecule has 0 radical (unpaired) electrons. The Bertz CT molecular complexity index is 1210. The summed E-state index contributed by atoms with van der Waals surface area (Å²) in [4.78, 5) is 27.6. The summed E-state index contributed by atoms with van der Waals surface area (Å²) in [5, 5.41) is 11.5. The first-order valence-electron chi connectivity index (χ1n) is 9.49. The second-order valence-corrected chi connectivity index (χ2v) is 7.78. The average molecular weight is 422 g/mol. The molecule has 1 atom stereocenters. The third-order valence-electron chi connectivity index (χ3n) is 5.41. The van der Waals surface area contributed by atoms with Crippen LogP contribution in [-0.2, 0) is 9.59 Å². The number of nitrogens with zero attached hydrogens (tertiary/aromatic N) is 1. The number of carbonyl (C=O) groups is 2. The van der Waals surface area contributed by atoms with Crippen LogP contribution < -0.4 is 4.90 Å². The highest BCUT2D eigenvalue weighted by Crippen LogP contribution is 2.44. The fraction of sp³-hybridized carbons (Fsp3) is 0.167. The van der Waals surface area contributed by atoms with E-state index in [1.807, 2.05) is 26.0 Å². The molecule has 152 valence electrons. The first-order chi connectivity index (χ1) is 14.3. The summed E-state index contributed by atoms with van der Waals surface area (Å²) < 4.78 is 5.81. The number of benzene rings is 2. The smallest absolute Gasteiger partial charge is 0.300 e. The van der Waals surface area contributed by atoms with Gasteiger partial charge in [0.15, 0.2) is 0 Å². The van der Waals surface area contributed by atoms with Crippen LogP contribution in [0.1, 0.15) is 34.3 Å². The van der Waals surface area contributed by atoms with Crippen LogP contribution in [-0.4, -0.2) is 16.8 Å². The third kappa shape index (κ3) is 3.21. The zero-order chi connectivity index (χ0) is 21.6. The van der Waals surface area contributed by atoms with Gasteiger partial charge in [-0.15, -0.1) is 0 Å². The third-order valence-corrected chi connectivity index (χ3v) is 5.64. The van der Waals surface area contributed by atoms with Crippen LogP contribution >= 0.6 is 11.6 Å². The zero-order valence-corrected chi connectivity index (χ0v) is 17.5. The van der Waals surface area contributed by atoms with Crippen LogP contribution in [0, 0.1) is 20.8 Å². The maximum absolute atomic E-state index is 13.1. The number of anilines is 1. The Morgan fingerprint density at radius 2 is 1.77 bits per heavy atom. The number of rotatable bonds is 3. The number of aliphatic hydroxyl groups is 1. The number of hydrogen-bond acceptors (Lipinski definition) is 4. The first kappa shape index (κ1) is 20.0. The molecule has 1 unspecified atom stereocenters. The number of ketones is 1. The van der Waals surface area contributed by atoms with Gasteiger partial charge in [0.05, 0.1) is 5.57 Å². The van der Waals surface area contributed by atoms with Gasteiger partial charge in [0.25, 0.3) is 11.7 Å². The van der Waals surface area contributed by atoms with Gasteiger partial charge in [0, 0.05) is 16.3 Å². The van der Waals surface area contributed by atoms with Crippen molar-refractivity contribution in [1.29, 1.82) is 0 Å². The summed E-state index contributed by atoms with van der Waals surface area (Å²) in [6, 6.07) is 14.7. The largest absolute Gasteiger partial charge is 0.507 e. The SMILES string of the molecule is Cc1ccc(C2/C(=C(/O)c3cccc(Cl)c3)C(=O)C(=O)N2c2cccc(C)c2C)o1. The summed E-state index contributed by atoms with van der Waals surface area (Å²) >= 11 is 6.07. The highest BCUT2D eigenvalue weighted by molar-refractivity contribution is 6.51. The quantitative estimate of drug-likeness (QED) is 0.345. The number of carbonyl (C=O) groups excluding carboxylic acids is 2. The molecule has 0 saturated carbocycles. The molecule has 4 rings (SSSR count). The van der Waals surface area contributed by atoms with Gasteiger partial charge >= 0.3 is 0 Å². The summed E-state index contributed by atoms with van der Waals surface area (Å²) in [6.45, 7) is 5.61. The summed E-state index contributed by atoms with van der Waals surface area (Å²) in [5.74, 6) is -0.739. The van der Waals surface area contributed by atoms with Gasteiger partial charge < -0.3 is 9.52 Å². The van der Waals surface area contributed by atoms with E-state index < -0.39 is 17.7 Å². The van der Waals surface area contributed by atoms with Crippen LogP contribution in [0.4, 0.5) is 5.69 Å². The molecule has 1 N–H and O–H groups in total. The van der Waals surface area contributed by atoms with E-state index >= 15 is 0 Å². The minimum absolute atomic E-state index is 0.0301. The molecule has 3 aromatic rings. The maximum atomic E-state index is 13.1. The van der Waals surface area contributed by atoms with Gasteiger partial charge in [-0.05, 0) is 62.2 Å². The minimum atomic E-state index is -0.891. The first-order valence-corrected chi connectivity index (χ1v) is 9.87. The van der Waals surface area contributed by atoms with Crippen molar-refractivity contribution >= 4 is 34.7 Å². The van der Waals surface area contributed by atoms with Crippen LogP contribution in [0.5, 0.6) is 0 Å². The van der Waals surface area contributed by atoms with E-state index in [0.717, 1.165) is 11.1 Å². The van der Waals surface area contributed by atoms with Crippen molar-refractivity contribution in [2.45, 2.75) is 26.8 Å². The number of halogens is 1. The Morgan fingerprint density at radius 3 is 2.43 bits per heavy atom. The van der Waals surface area contributed by atoms with Crippen LogP contribution in [0.15, 0.2) is 64.6 Å². The Kier molecular flexibility index (Phi) is 5.00. The summed E-state index contributed by atoms with van der Waals surface area (Å²) in [5.41, 5.74) is 2.78. The lowest BCUT2D eigenvalue weighted by Gasteiger charge is -2.25. The normalized spacial score (nSPS) is 18.3. The molecule has 0 aliphatic carbocycles. The summed E-state index contributed by atoms with van der Waals surface area (Å²) in [7, 11) is 0. The molecule has 1 saturated heterocycles. The standard InChI is InChI=1S/C24H20ClNO4/c1-13-6-4-9-18(15(13)3)26-21(19-11-10-14(2)30-19)20(23(28)24(26)29)22(27)16-7-5-8-17(25)12-16/h4-12,21,27H,1-3H3/b22-20-. The molecule has 1 aliphatic heterocycles. The van der Waals surface area contributed by atoms with Gasteiger partial charge in [-0.2, -0.15) is 0 Å². The van der Waals surface area contributed by atoms with E-state index in [-0.39, 0.29) is 11.3 Å². The van der Waals surface area contributed by atoms with Crippen LogP contribution in [0.2, 0.25) is 5.02 Å². The van der Waals surface area contributed by atoms with Crippen molar-refractivity contribution in [3.8, 4) is 0 Å². The van der Waals surface area contributed by atoms with E-state index in [9.17, 15) is 14.7 Å². The van der Waals surface area contributed by atoms with Crippen LogP contribution in [0.3, 0.4) is 0 Å². The van der Waals surface area contributed by atoms with E-state index in [1.165, 1.54) is 4.90 Å². The number of aliphatic hydroxyl groups excluding tert-OH is 1. The molecule has 0 spiro atoms. The minimum Gasteiger partial charge on any atom is -0.507 e. The van der Waals surface area contributed by atoms with Gasteiger partial charge in [0.1, 0.15) is 23.3 Å². The highest BCUT2D eigenvalue weighted by atomic mass is 35.5. The summed E-state index contributed by atoms with van der Waals surface area (Å²) in [6.07, 6.45) is 0. The van der Waals surface area contributed by atoms with Crippen molar-refractivity contribution in [1.82, 2.24) is 0 Å². The molecule has 30 heavy (non-hydrogen) atoms. The Morgan fingerprint density at radius 1 is 1.03 bits per heavy atom. The fourth-order valence-corrected chi connectivity index (χ4v) is 3.93. The average Bonchev–Trinajstić information content (AvgIpc) is 3.25. The van der Waals surface area contributed by atoms with Crippen molar-refractivity contribution in [3.05, 3.63) is 93.4 Å². The molecule has 1 amide bonds. The molecule has 1 aliphatic rings. The van der Waals surface area contributed by atoms with Crippen molar-refractivity contribution in [2.75, 3.05) is 4.90 Å². The second kappa shape index (κ2) is 7.50. The lowest BCUT2D eigenvalue weighted by atomic mass is 9.98. The number of aryl methyl sites for hydroxylation is 2. The van der Waals surface area contributed by atoms with Crippen molar-refractivity contribution in [2.24, 2.45) is 0 Å². The molecule has 2 heterocycles. The predicted molar refractivity (Wildman–Crippen MR) is 116 cm³/mol. The van der Waals surface area contributed by atoms with Crippen molar-refractivity contribution < 1.29 is 19.1 Å². The molecular formula is C24H20ClNO4. The van der Waals surface area contributed by atoms with E-state index in [0.29, 0.717) is 27.8 Å². The Hall–Kier alpha value is -3.31. The fourth-order valence-electron chi connectivity index (χ4n) is 3.74. The van der Waals surface area contributed by atoms with E-state index in [1.54, 1.807) is 49.4 Å². The molecular weight excluding hydrogens is 402 g/mol. The number of hydrogen-bond donors (Lipinski definition) is 1. The van der Waals surface area contributed by atoms with Crippen LogP contribution in [0.25, 0.3) is 5.76 Å². The van der Waals surface area contributed by atoms with E-state index in [4.69, 9.17) is 16.0 Å². The number of amides is 1. The van der Waals surface area contributed by atoms with Crippen molar-refractivity contribution in [3.63, 3.8) is 0 Å². The number of furan rings is 1. The Balaban J connectivity index is 1.98. The lowest BCUT2D eigenvalue weighted by molar-refractivity contribution is -0.132. The van der Waals surface area contributed by atoms with Gasteiger partial charge in [-0.25, -0.2) is 0 Å². The lowest BCUT2D eigenvalue weighted by Crippen LogP contribution is -2.30. The zero-order valence-electron chi connectivity index (χ0n) is 16.8. The highest BCUT2D eigenvalue weighted by Gasteiger charge is 2.48. The topological polar surface area (TPSA) is 70.8 Å². The second-order valence-electron chi connectivity index (χ2n) is 7.35. The van der Waals surface area contributed by atoms with E-state index in [2.05, 4.69) is 0 Å².